The molecule has 2 rings (SSSR count). The van der Waals surface area contributed by atoms with Crippen LogP contribution in [0.2, 0.25) is 0 Å². The Labute approximate surface area is 160 Å². The minimum absolute atomic E-state index is 0.338. The van der Waals surface area contributed by atoms with Gasteiger partial charge in [-0.05, 0) is 84.7 Å². The van der Waals surface area contributed by atoms with Crippen molar-refractivity contribution in [2.75, 3.05) is 16.0 Å². The number of nitriles is 1. The minimum Gasteiger partial charge on any atom is -0.332 e. The minimum atomic E-state index is 0.338. The van der Waals surface area contributed by atoms with Crippen molar-refractivity contribution in [2.24, 2.45) is 0 Å². The molecule has 4 N–H and O–H groups in total. The molecule has 0 bridgehead atoms. The van der Waals surface area contributed by atoms with Gasteiger partial charge < -0.3 is 21.3 Å². The third kappa shape index (κ3) is 6.39. The van der Waals surface area contributed by atoms with Crippen LogP contribution < -0.4 is 21.3 Å². The summed E-state index contributed by atoms with van der Waals surface area (Å²) in [6.07, 6.45) is 0.615. The molecular formula is C16H13N5OS3. The van der Waals surface area contributed by atoms with Gasteiger partial charge >= 0.3 is 0 Å². The Kier molecular flexibility index (Phi) is 7.16. The zero-order chi connectivity index (χ0) is 18.1. The highest BCUT2D eigenvalue weighted by atomic mass is 32.2. The predicted molar refractivity (Wildman–Crippen MR) is 110 cm³/mol. The molecule has 0 aliphatic heterocycles. The van der Waals surface area contributed by atoms with E-state index in [0.717, 1.165) is 28.0 Å². The van der Waals surface area contributed by atoms with Gasteiger partial charge in [0, 0.05) is 22.0 Å². The number of nitrogens with zero attached hydrogens (tertiary/aromatic N) is 1. The Bertz CT molecular complexity index is 800. The van der Waals surface area contributed by atoms with Gasteiger partial charge in [0.15, 0.2) is 10.2 Å². The second kappa shape index (κ2) is 9.58. The van der Waals surface area contributed by atoms with Gasteiger partial charge in [0.1, 0.15) is 5.40 Å². The van der Waals surface area contributed by atoms with E-state index in [1.165, 1.54) is 0 Å². The molecule has 0 aromatic heterocycles. The molecule has 1 amide bonds. The van der Waals surface area contributed by atoms with Gasteiger partial charge in [-0.2, -0.15) is 5.26 Å². The predicted octanol–water partition coefficient (Wildman–Crippen LogP) is 3.51. The first-order chi connectivity index (χ1) is 12.1. The maximum absolute atomic E-state index is 10.4. The number of thiocyanates is 1. The summed E-state index contributed by atoms with van der Waals surface area (Å²) in [5.74, 6) is 0. The number of carbonyl (C=O) groups is 1. The highest BCUT2D eigenvalue weighted by Crippen LogP contribution is 2.19. The Hall–Kier alpha value is -2.67. The zero-order valence-corrected chi connectivity index (χ0v) is 15.2. The number of hydrogen-bond donors (Lipinski definition) is 4. The zero-order valence-electron chi connectivity index (χ0n) is 12.8. The quantitative estimate of drug-likeness (QED) is 0.268. The van der Waals surface area contributed by atoms with Gasteiger partial charge in [0.05, 0.1) is 0 Å². The molecule has 2 aromatic carbocycles. The van der Waals surface area contributed by atoms with Gasteiger partial charge in [0.25, 0.3) is 0 Å². The number of thiocarbonyl (C=S) groups is 2. The summed E-state index contributed by atoms with van der Waals surface area (Å²) in [4.78, 5) is 11.2. The van der Waals surface area contributed by atoms with Gasteiger partial charge in [-0.15, -0.1) is 0 Å². The molecule has 9 heteroatoms. The van der Waals surface area contributed by atoms with Gasteiger partial charge in [-0.25, -0.2) is 0 Å². The summed E-state index contributed by atoms with van der Waals surface area (Å²) in [7, 11) is 0. The van der Waals surface area contributed by atoms with E-state index in [9.17, 15) is 4.79 Å². The van der Waals surface area contributed by atoms with E-state index in [4.69, 9.17) is 29.7 Å². The van der Waals surface area contributed by atoms with Crippen molar-refractivity contribution in [1.82, 2.24) is 5.32 Å². The lowest BCUT2D eigenvalue weighted by Gasteiger charge is -2.13. The number of nitrogens with one attached hydrogen (secondary N) is 4. The molecule has 0 atom stereocenters. The van der Waals surface area contributed by atoms with Crippen molar-refractivity contribution in [1.29, 1.82) is 5.26 Å². The largest absolute Gasteiger partial charge is 0.332 e. The van der Waals surface area contributed by atoms with Crippen LogP contribution in [0.1, 0.15) is 0 Å². The van der Waals surface area contributed by atoms with Crippen molar-refractivity contribution in [3.05, 3.63) is 48.5 Å². The molecule has 0 saturated carbocycles. The van der Waals surface area contributed by atoms with E-state index in [1.54, 1.807) is 24.3 Å². The van der Waals surface area contributed by atoms with E-state index in [0.29, 0.717) is 22.3 Å². The maximum Gasteiger partial charge on any atom is 0.211 e. The van der Waals surface area contributed by atoms with Crippen LogP contribution in [-0.2, 0) is 4.79 Å². The highest BCUT2D eigenvalue weighted by Gasteiger charge is 2.03. The van der Waals surface area contributed by atoms with Gasteiger partial charge in [-0.1, -0.05) is 0 Å². The molecule has 0 saturated heterocycles. The molecular weight excluding hydrogens is 374 g/mol. The Morgan fingerprint density at radius 3 is 1.88 bits per heavy atom. The van der Waals surface area contributed by atoms with E-state index in [-0.39, 0.29) is 0 Å². The van der Waals surface area contributed by atoms with Crippen LogP contribution in [0, 0.1) is 10.7 Å². The van der Waals surface area contributed by atoms with Crippen LogP contribution in [-0.4, -0.2) is 16.6 Å². The molecule has 0 fully saturated rings. The Morgan fingerprint density at radius 1 is 0.920 bits per heavy atom. The molecule has 126 valence electrons. The molecule has 0 aliphatic rings. The van der Waals surface area contributed by atoms with Crippen LogP contribution in [0.5, 0.6) is 0 Å². The first kappa shape index (κ1) is 18.7. The van der Waals surface area contributed by atoms with E-state index >= 15 is 0 Å². The monoisotopic (exact) mass is 387 g/mol. The first-order valence-corrected chi connectivity index (χ1v) is 8.59. The van der Waals surface area contributed by atoms with Crippen LogP contribution >= 0.6 is 36.2 Å². The molecule has 2 aromatic rings. The summed E-state index contributed by atoms with van der Waals surface area (Å²) in [6.45, 7) is 0. The van der Waals surface area contributed by atoms with Crippen LogP contribution in [0.3, 0.4) is 0 Å². The molecule has 0 heterocycles. The number of anilines is 3. The van der Waals surface area contributed by atoms with Crippen molar-refractivity contribution >= 4 is 69.9 Å². The lowest BCUT2D eigenvalue weighted by atomic mass is 10.3. The second-order valence-electron chi connectivity index (χ2n) is 4.59. The summed E-state index contributed by atoms with van der Waals surface area (Å²) in [5.41, 5.74) is 2.23. The van der Waals surface area contributed by atoms with Crippen molar-refractivity contribution in [3.8, 4) is 5.40 Å². The molecule has 0 spiro atoms. The number of thioether (sulfide) groups is 1. The number of carbonyl (C=O) groups excluding carboxylic acids is 1. The molecule has 0 unspecified atom stereocenters. The fraction of sp³-hybridized carbons (Fsp3) is 0. The Morgan fingerprint density at radius 2 is 1.40 bits per heavy atom. The van der Waals surface area contributed by atoms with Crippen LogP contribution in [0.25, 0.3) is 0 Å². The van der Waals surface area contributed by atoms with Crippen LogP contribution in [0.4, 0.5) is 17.1 Å². The lowest BCUT2D eigenvalue weighted by Crippen LogP contribution is -2.37. The lowest BCUT2D eigenvalue weighted by molar-refractivity contribution is -0.105. The average Bonchev–Trinajstić information content (AvgIpc) is 2.59. The standard InChI is InChI=1S/C16H13N5OS3/c17-9-25-14-7-5-13(6-8-14)20-16(24)21-15(23)19-12-3-1-11(2-4-12)18-10-22/h1-8,10H,(H,18,22)(H3,19,20,21,23,24). The summed E-state index contributed by atoms with van der Waals surface area (Å²) in [6, 6.07) is 14.3. The molecule has 6 nitrogen and oxygen atoms in total. The number of amides is 1. The normalized spacial score (nSPS) is 9.40. The maximum atomic E-state index is 10.4. The summed E-state index contributed by atoms with van der Waals surface area (Å²) < 4.78 is 0. The highest BCUT2D eigenvalue weighted by molar-refractivity contribution is 8.03. The fourth-order valence-corrected chi connectivity index (χ4v) is 2.69. The fourth-order valence-electron chi connectivity index (χ4n) is 1.80. The van der Waals surface area contributed by atoms with Crippen molar-refractivity contribution < 1.29 is 4.79 Å². The SMILES string of the molecule is N#CSc1ccc(NC(=S)NC(=S)Nc2ccc(NC=O)cc2)cc1. The number of benzene rings is 2. The van der Waals surface area contributed by atoms with Crippen LogP contribution in [0.15, 0.2) is 53.4 Å². The smallest absolute Gasteiger partial charge is 0.211 e. The van der Waals surface area contributed by atoms with Gasteiger partial charge in [-0.3, -0.25) is 4.79 Å². The average molecular weight is 388 g/mol. The van der Waals surface area contributed by atoms with E-state index in [2.05, 4.69) is 21.3 Å². The van der Waals surface area contributed by atoms with Crippen molar-refractivity contribution in [2.45, 2.75) is 4.90 Å². The second-order valence-corrected chi connectivity index (χ2v) is 6.27. The number of rotatable bonds is 5. The molecule has 0 radical (unpaired) electrons. The number of hydrogen-bond acceptors (Lipinski definition) is 5. The first-order valence-electron chi connectivity index (χ1n) is 6.96. The summed E-state index contributed by atoms with van der Waals surface area (Å²) >= 11 is 11.5. The third-order valence-corrected chi connectivity index (χ3v) is 3.88. The topological polar surface area (TPSA) is 89.0 Å². The van der Waals surface area contributed by atoms with Gasteiger partial charge in [0.2, 0.25) is 6.41 Å². The van der Waals surface area contributed by atoms with E-state index in [1.807, 2.05) is 29.7 Å². The van der Waals surface area contributed by atoms with E-state index < -0.39 is 0 Å². The summed E-state index contributed by atoms with van der Waals surface area (Å²) in [5, 5.41) is 22.7. The molecule has 25 heavy (non-hydrogen) atoms. The third-order valence-electron chi connectivity index (χ3n) is 2.87. The molecule has 0 aliphatic carbocycles. The van der Waals surface area contributed by atoms with Crippen molar-refractivity contribution in [3.63, 3.8) is 0 Å². The Balaban J connectivity index is 1.84.